The molecule has 0 nitrogen and oxygen atoms in total. The van der Waals surface area contributed by atoms with Crippen LogP contribution in [-0.2, 0) is 0 Å². The van der Waals surface area contributed by atoms with Gasteiger partial charge in [0.1, 0.15) is 5.82 Å². The molecule has 0 fully saturated rings. The van der Waals surface area contributed by atoms with E-state index >= 15 is 0 Å². The first kappa shape index (κ1) is 16.7. The lowest BCUT2D eigenvalue weighted by molar-refractivity contribution is 0.586. The molecule has 0 bridgehead atoms. The number of hydrogen-bond donors (Lipinski definition) is 0. The van der Waals surface area contributed by atoms with Crippen molar-refractivity contribution in [1.82, 2.24) is 0 Å². The summed E-state index contributed by atoms with van der Waals surface area (Å²) in [7, 11) is 0. The zero-order chi connectivity index (χ0) is 14.3. The molecule has 0 saturated heterocycles. The fraction of sp³-hybridized carbons (Fsp3) is 0.647. The molecule has 0 heterocycles. The zero-order valence-corrected chi connectivity index (χ0v) is 14.0. The second kappa shape index (κ2) is 8.73. The zero-order valence-electron chi connectivity index (χ0n) is 12.4. The number of unbranched alkanes of at least 4 members (excludes halogenated alkanes) is 5. The molecule has 0 aliphatic carbocycles. The second-order valence-corrected chi connectivity index (χ2v) is 6.60. The average molecular weight is 329 g/mol. The van der Waals surface area contributed by atoms with Gasteiger partial charge in [0.15, 0.2) is 0 Å². The Morgan fingerprint density at radius 1 is 1.00 bits per heavy atom. The summed E-state index contributed by atoms with van der Waals surface area (Å²) in [4.78, 5) is 0.358. The predicted molar refractivity (Wildman–Crippen MR) is 85.5 cm³/mol. The monoisotopic (exact) mass is 328 g/mol. The molecule has 1 aromatic rings. The van der Waals surface area contributed by atoms with Gasteiger partial charge in [0.25, 0.3) is 0 Å². The first-order valence-electron chi connectivity index (χ1n) is 7.47. The van der Waals surface area contributed by atoms with Crippen LogP contribution in [-0.4, -0.2) is 0 Å². The molecule has 108 valence electrons. The normalized spacial score (nSPS) is 12.7. The molecular formula is C17H26BrF. The maximum Gasteiger partial charge on any atom is 0.129 e. The molecule has 1 rings (SSSR count). The van der Waals surface area contributed by atoms with Gasteiger partial charge in [0, 0.05) is 4.83 Å². The van der Waals surface area contributed by atoms with E-state index in [2.05, 4.69) is 22.9 Å². The molecule has 0 aromatic heterocycles. The minimum atomic E-state index is -0.0667. The first-order valence-corrected chi connectivity index (χ1v) is 8.38. The highest BCUT2D eigenvalue weighted by atomic mass is 79.9. The second-order valence-electron chi connectivity index (χ2n) is 5.49. The van der Waals surface area contributed by atoms with Gasteiger partial charge in [-0.1, -0.05) is 73.5 Å². The van der Waals surface area contributed by atoms with Crippen molar-refractivity contribution in [3.05, 3.63) is 34.6 Å². The Kier molecular flexibility index (Phi) is 7.67. The van der Waals surface area contributed by atoms with Crippen LogP contribution in [0.25, 0.3) is 0 Å². The van der Waals surface area contributed by atoms with Crippen molar-refractivity contribution >= 4 is 15.9 Å². The number of hydrogen-bond acceptors (Lipinski definition) is 0. The maximum absolute atomic E-state index is 13.6. The Morgan fingerprint density at radius 2 is 1.53 bits per heavy atom. The molecule has 0 aliphatic heterocycles. The fourth-order valence-electron chi connectivity index (χ4n) is 2.43. The predicted octanol–water partition coefficient (Wildman–Crippen LogP) is 6.63. The largest absolute Gasteiger partial charge is 0.206 e. The molecule has 0 aliphatic rings. The van der Waals surface area contributed by atoms with Crippen molar-refractivity contribution in [2.24, 2.45) is 0 Å². The summed E-state index contributed by atoms with van der Waals surface area (Å²) in [6.07, 6.45) is 9.05. The van der Waals surface area contributed by atoms with E-state index in [0.717, 1.165) is 17.5 Å². The van der Waals surface area contributed by atoms with Crippen LogP contribution >= 0.6 is 15.9 Å². The van der Waals surface area contributed by atoms with Gasteiger partial charge in [-0.2, -0.15) is 0 Å². The summed E-state index contributed by atoms with van der Waals surface area (Å²) >= 11 is 3.74. The van der Waals surface area contributed by atoms with Crippen LogP contribution in [0.15, 0.2) is 12.1 Å². The minimum absolute atomic E-state index is 0.0667. The van der Waals surface area contributed by atoms with Gasteiger partial charge in [-0.15, -0.1) is 0 Å². The number of aryl methyl sites for hydroxylation is 2. The molecule has 0 radical (unpaired) electrons. The summed E-state index contributed by atoms with van der Waals surface area (Å²) in [6, 6.07) is 3.94. The van der Waals surface area contributed by atoms with E-state index in [1.165, 1.54) is 44.1 Å². The molecule has 0 spiro atoms. The van der Waals surface area contributed by atoms with E-state index in [1.807, 2.05) is 26.0 Å². The lowest BCUT2D eigenvalue weighted by Crippen LogP contribution is -1.96. The summed E-state index contributed by atoms with van der Waals surface area (Å²) in [5.74, 6) is -0.0667. The molecule has 1 atom stereocenters. The smallest absolute Gasteiger partial charge is 0.129 e. The van der Waals surface area contributed by atoms with Gasteiger partial charge in [0.05, 0.1) is 0 Å². The highest BCUT2D eigenvalue weighted by molar-refractivity contribution is 9.09. The summed E-state index contributed by atoms with van der Waals surface area (Å²) < 4.78 is 13.6. The maximum atomic E-state index is 13.6. The van der Waals surface area contributed by atoms with Crippen LogP contribution in [0.2, 0.25) is 0 Å². The van der Waals surface area contributed by atoms with Crippen LogP contribution < -0.4 is 0 Å². The van der Waals surface area contributed by atoms with Crippen LogP contribution in [0.5, 0.6) is 0 Å². The summed E-state index contributed by atoms with van der Waals surface area (Å²) in [6.45, 7) is 5.93. The molecule has 0 saturated carbocycles. The van der Waals surface area contributed by atoms with Gasteiger partial charge in [-0.05, 0) is 37.0 Å². The lowest BCUT2D eigenvalue weighted by atomic mass is 10.0. The highest BCUT2D eigenvalue weighted by Gasteiger charge is 2.11. The van der Waals surface area contributed by atoms with Crippen LogP contribution in [0.3, 0.4) is 0 Å². The number of halogens is 2. The Labute approximate surface area is 125 Å². The van der Waals surface area contributed by atoms with Crippen molar-refractivity contribution in [2.45, 2.75) is 70.5 Å². The molecule has 19 heavy (non-hydrogen) atoms. The number of alkyl halides is 1. The van der Waals surface area contributed by atoms with Crippen molar-refractivity contribution < 1.29 is 4.39 Å². The first-order chi connectivity index (χ1) is 9.06. The van der Waals surface area contributed by atoms with E-state index in [0.29, 0.717) is 4.83 Å². The molecule has 1 aromatic carbocycles. The number of benzene rings is 1. The molecule has 0 amide bonds. The van der Waals surface area contributed by atoms with Crippen molar-refractivity contribution in [1.29, 1.82) is 0 Å². The minimum Gasteiger partial charge on any atom is -0.206 e. The van der Waals surface area contributed by atoms with Crippen LogP contribution in [0.4, 0.5) is 4.39 Å². The van der Waals surface area contributed by atoms with E-state index in [4.69, 9.17) is 0 Å². The van der Waals surface area contributed by atoms with E-state index in [9.17, 15) is 4.39 Å². The van der Waals surface area contributed by atoms with E-state index in [1.54, 1.807) is 0 Å². The van der Waals surface area contributed by atoms with Gasteiger partial charge in [-0.3, -0.25) is 0 Å². The third-order valence-electron chi connectivity index (χ3n) is 3.63. The van der Waals surface area contributed by atoms with Gasteiger partial charge in [-0.25, -0.2) is 4.39 Å². The van der Waals surface area contributed by atoms with Crippen molar-refractivity contribution in [3.63, 3.8) is 0 Å². The van der Waals surface area contributed by atoms with E-state index < -0.39 is 0 Å². The Balaban J connectivity index is 2.39. The van der Waals surface area contributed by atoms with Gasteiger partial charge in [0.2, 0.25) is 0 Å². The van der Waals surface area contributed by atoms with Gasteiger partial charge < -0.3 is 0 Å². The molecular weight excluding hydrogens is 303 g/mol. The molecule has 0 N–H and O–H groups in total. The quantitative estimate of drug-likeness (QED) is 0.371. The SMILES string of the molecule is CCCCCCCCC(Br)c1cc(C)c(F)c(C)c1. The highest BCUT2D eigenvalue weighted by Crippen LogP contribution is 2.31. The Hall–Kier alpha value is -0.370. The third-order valence-corrected chi connectivity index (χ3v) is 4.62. The molecule has 2 heteroatoms. The van der Waals surface area contributed by atoms with Crippen molar-refractivity contribution in [3.8, 4) is 0 Å². The van der Waals surface area contributed by atoms with E-state index in [-0.39, 0.29) is 5.82 Å². The van der Waals surface area contributed by atoms with Crippen LogP contribution in [0, 0.1) is 19.7 Å². The van der Waals surface area contributed by atoms with Crippen LogP contribution in [0.1, 0.15) is 73.4 Å². The van der Waals surface area contributed by atoms with Crippen molar-refractivity contribution in [2.75, 3.05) is 0 Å². The Morgan fingerprint density at radius 3 is 2.11 bits per heavy atom. The fourth-order valence-corrected chi connectivity index (χ4v) is 3.02. The standard InChI is InChI=1S/C17H26BrF/c1-4-5-6-7-8-9-10-16(18)15-11-13(2)17(19)14(3)12-15/h11-12,16H,4-10H2,1-3H3. The van der Waals surface area contributed by atoms with Gasteiger partial charge >= 0.3 is 0 Å². The summed E-state index contributed by atoms with van der Waals surface area (Å²) in [5, 5.41) is 0. The Bertz CT molecular complexity index is 364. The number of rotatable bonds is 8. The topological polar surface area (TPSA) is 0 Å². The summed E-state index contributed by atoms with van der Waals surface area (Å²) in [5.41, 5.74) is 2.72. The lowest BCUT2D eigenvalue weighted by Gasteiger charge is -2.13. The average Bonchev–Trinajstić information content (AvgIpc) is 2.39. The third kappa shape index (κ3) is 5.64. The molecule has 1 unspecified atom stereocenters.